The van der Waals surface area contributed by atoms with E-state index in [-0.39, 0.29) is 5.75 Å². The van der Waals surface area contributed by atoms with Gasteiger partial charge in [0.1, 0.15) is 11.6 Å². The van der Waals surface area contributed by atoms with Gasteiger partial charge < -0.3 is 9.84 Å². The number of benzene rings is 2. The Labute approximate surface area is 154 Å². The lowest BCUT2D eigenvalue weighted by Gasteiger charge is -2.19. The predicted octanol–water partition coefficient (Wildman–Crippen LogP) is 4.32. The van der Waals surface area contributed by atoms with Crippen LogP contribution in [0.1, 0.15) is 37.8 Å². The van der Waals surface area contributed by atoms with Crippen LogP contribution in [0.15, 0.2) is 36.4 Å². The molecule has 0 bridgehead atoms. The summed E-state index contributed by atoms with van der Waals surface area (Å²) in [6.45, 7) is 8.15. The highest BCUT2D eigenvalue weighted by molar-refractivity contribution is 5.78. The first kappa shape index (κ1) is 19.9. The smallest absolute Gasteiger partial charge is 0.312 e. The number of carbonyl (C=O) groups excluding carboxylic acids is 1. The maximum atomic E-state index is 14.7. The van der Waals surface area contributed by atoms with E-state index in [0.29, 0.717) is 23.2 Å². The second-order valence-electron chi connectivity index (χ2n) is 6.29. The Morgan fingerprint density at radius 1 is 1.19 bits per heavy atom. The monoisotopic (exact) mass is 359 g/mol. The molecule has 0 aliphatic carbocycles. The number of methoxy groups -OCH3 is 1. The lowest BCUT2D eigenvalue weighted by atomic mass is 9.96. The normalized spacial score (nSPS) is 12.2. The van der Waals surface area contributed by atoms with Crippen molar-refractivity contribution < 1.29 is 19.0 Å². The van der Waals surface area contributed by atoms with Crippen LogP contribution in [0, 0.1) is 5.82 Å². The van der Waals surface area contributed by atoms with Gasteiger partial charge >= 0.3 is 5.97 Å². The van der Waals surface area contributed by atoms with E-state index in [1.165, 1.54) is 13.2 Å². The molecule has 0 aliphatic heterocycles. The Morgan fingerprint density at radius 2 is 1.88 bits per heavy atom. The van der Waals surface area contributed by atoms with Gasteiger partial charge in [0.2, 0.25) is 0 Å². The Hall–Kier alpha value is -2.40. The van der Waals surface area contributed by atoms with Crippen molar-refractivity contribution >= 4 is 5.97 Å². The van der Waals surface area contributed by atoms with Crippen LogP contribution in [0.3, 0.4) is 0 Å². The van der Waals surface area contributed by atoms with Crippen molar-refractivity contribution in [2.24, 2.45) is 0 Å². The topological polar surface area (TPSA) is 49.8 Å². The molecule has 0 radical (unpaired) electrons. The van der Waals surface area contributed by atoms with Crippen molar-refractivity contribution in [3.8, 4) is 16.9 Å². The van der Waals surface area contributed by atoms with Gasteiger partial charge in [0, 0.05) is 17.7 Å². The average molecular weight is 359 g/mol. The summed E-state index contributed by atoms with van der Waals surface area (Å²) >= 11 is 0. The summed E-state index contributed by atoms with van der Waals surface area (Å²) in [6, 6.07) is 9.87. The molecule has 0 saturated heterocycles. The molecule has 0 fully saturated rings. The molecule has 5 heteroatoms. The highest BCUT2D eigenvalue weighted by atomic mass is 19.1. The van der Waals surface area contributed by atoms with Crippen molar-refractivity contribution in [2.45, 2.75) is 33.2 Å². The van der Waals surface area contributed by atoms with E-state index < -0.39 is 17.7 Å². The summed E-state index contributed by atoms with van der Waals surface area (Å²) in [5.74, 6) is -1.13. The van der Waals surface area contributed by atoms with Crippen LogP contribution in [0.2, 0.25) is 0 Å². The van der Waals surface area contributed by atoms with Crippen LogP contribution >= 0.6 is 0 Å². The molecule has 0 heterocycles. The fourth-order valence-electron chi connectivity index (χ4n) is 2.92. The lowest BCUT2D eigenvalue weighted by Crippen LogP contribution is -2.22. The Bertz CT molecular complexity index is 772. The van der Waals surface area contributed by atoms with Gasteiger partial charge in [-0.05, 0) is 49.3 Å². The highest BCUT2D eigenvalue weighted by Crippen LogP contribution is 2.30. The Morgan fingerprint density at radius 3 is 2.46 bits per heavy atom. The minimum absolute atomic E-state index is 0.206. The third kappa shape index (κ3) is 4.41. The standard InChI is InChI=1S/C21H26FNO3/c1-5-23(6-2)13-17-11-16(8-10-20(17)24)18-9-7-15(12-19(18)22)14(3)21(25)26-4/h7-12,14,24H,5-6,13H2,1-4H3. The van der Waals surface area contributed by atoms with Crippen LogP contribution in [-0.4, -0.2) is 36.2 Å². The molecule has 2 rings (SSSR count). The molecule has 0 aromatic heterocycles. The van der Waals surface area contributed by atoms with Crippen molar-refractivity contribution in [1.82, 2.24) is 4.90 Å². The summed E-state index contributed by atoms with van der Waals surface area (Å²) in [5.41, 5.74) is 2.46. The number of carbonyl (C=O) groups is 1. The van der Waals surface area contributed by atoms with Crippen molar-refractivity contribution in [2.75, 3.05) is 20.2 Å². The Kier molecular flexibility index (Phi) is 6.75. The first-order chi connectivity index (χ1) is 12.4. The van der Waals surface area contributed by atoms with Gasteiger partial charge in [-0.2, -0.15) is 0 Å². The summed E-state index contributed by atoms with van der Waals surface area (Å²) in [6.07, 6.45) is 0. The first-order valence-corrected chi connectivity index (χ1v) is 8.83. The van der Waals surface area contributed by atoms with Gasteiger partial charge in [0.05, 0.1) is 13.0 Å². The minimum atomic E-state index is -0.526. The van der Waals surface area contributed by atoms with E-state index in [4.69, 9.17) is 4.74 Å². The number of hydrogen-bond acceptors (Lipinski definition) is 4. The van der Waals surface area contributed by atoms with Gasteiger partial charge in [0.15, 0.2) is 0 Å². The van der Waals surface area contributed by atoms with Crippen LogP contribution in [0.4, 0.5) is 4.39 Å². The number of ether oxygens (including phenoxy) is 1. The molecule has 2 aromatic rings. The van der Waals surface area contributed by atoms with E-state index in [2.05, 4.69) is 18.7 Å². The van der Waals surface area contributed by atoms with E-state index >= 15 is 0 Å². The van der Waals surface area contributed by atoms with Crippen LogP contribution < -0.4 is 0 Å². The molecule has 1 atom stereocenters. The maximum absolute atomic E-state index is 14.7. The maximum Gasteiger partial charge on any atom is 0.312 e. The number of aromatic hydroxyl groups is 1. The zero-order valence-corrected chi connectivity index (χ0v) is 15.8. The second kappa shape index (κ2) is 8.81. The molecule has 140 valence electrons. The number of phenols is 1. The number of esters is 1. The third-order valence-corrected chi connectivity index (χ3v) is 4.73. The number of phenolic OH excluding ortho intramolecular Hbond substituents is 1. The quantitative estimate of drug-likeness (QED) is 0.748. The van der Waals surface area contributed by atoms with E-state index in [1.54, 1.807) is 31.2 Å². The van der Waals surface area contributed by atoms with Gasteiger partial charge in [-0.15, -0.1) is 0 Å². The van der Waals surface area contributed by atoms with E-state index in [9.17, 15) is 14.3 Å². The highest BCUT2D eigenvalue weighted by Gasteiger charge is 2.18. The molecular formula is C21H26FNO3. The van der Waals surface area contributed by atoms with E-state index in [0.717, 1.165) is 18.7 Å². The largest absolute Gasteiger partial charge is 0.508 e. The molecule has 0 aliphatic rings. The van der Waals surface area contributed by atoms with Crippen molar-refractivity contribution in [1.29, 1.82) is 0 Å². The number of halogens is 1. The molecule has 2 aromatic carbocycles. The third-order valence-electron chi connectivity index (χ3n) is 4.73. The zero-order chi connectivity index (χ0) is 19.3. The fourth-order valence-corrected chi connectivity index (χ4v) is 2.92. The number of rotatable bonds is 7. The lowest BCUT2D eigenvalue weighted by molar-refractivity contribution is -0.141. The van der Waals surface area contributed by atoms with Crippen LogP contribution in [0.5, 0.6) is 5.75 Å². The van der Waals surface area contributed by atoms with Crippen molar-refractivity contribution in [3.05, 3.63) is 53.3 Å². The average Bonchev–Trinajstić information content (AvgIpc) is 2.66. The fraction of sp³-hybridized carbons (Fsp3) is 0.381. The van der Waals surface area contributed by atoms with Gasteiger partial charge in [0.25, 0.3) is 0 Å². The molecule has 1 unspecified atom stereocenters. The SMILES string of the molecule is CCN(CC)Cc1cc(-c2ccc(C(C)C(=O)OC)cc2F)ccc1O. The minimum Gasteiger partial charge on any atom is -0.508 e. The van der Waals surface area contributed by atoms with Gasteiger partial charge in [-0.3, -0.25) is 9.69 Å². The number of nitrogens with zero attached hydrogens (tertiary/aromatic N) is 1. The first-order valence-electron chi connectivity index (χ1n) is 8.83. The van der Waals surface area contributed by atoms with Crippen LogP contribution in [-0.2, 0) is 16.1 Å². The summed E-state index contributed by atoms with van der Waals surface area (Å²) < 4.78 is 19.4. The molecule has 0 spiro atoms. The van der Waals surface area contributed by atoms with Gasteiger partial charge in [-0.25, -0.2) is 4.39 Å². The zero-order valence-electron chi connectivity index (χ0n) is 15.8. The number of hydrogen-bond donors (Lipinski definition) is 1. The summed E-state index contributed by atoms with van der Waals surface area (Å²) in [5, 5.41) is 10.1. The second-order valence-corrected chi connectivity index (χ2v) is 6.29. The molecule has 4 nitrogen and oxygen atoms in total. The van der Waals surface area contributed by atoms with E-state index in [1.807, 2.05) is 6.07 Å². The summed E-state index contributed by atoms with van der Waals surface area (Å²) in [7, 11) is 1.32. The molecular weight excluding hydrogens is 333 g/mol. The summed E-state index contributed by atoms with van der Waals surface area (Å²) in [4.78, 5) is 13.8. The molecule has 0 saturated carbocycles. The Balaban J connectivity index is 2.35. The van der Waals surface area contributed by atoms with Gasteiger partial charge in [-0.1, -0.05) is 32.0 Å². The molecule has 1 N–H and O–H groups in total. The van der Waals surface area contributed by atoms with Crippen molar-refractivity contribution in [3.63, 3.8) is 0 Å². The predicted molar refractivity (Wildman–Crippen MR) is 101 cm³/mol. The molecule has 26 heavy (non-hydrogen) atoms. The molecule has 0 amide bonds. The van der Waals surface area contributed by atoms with Crippen LogP contribution in [0.25, 0.3) is 11.1 Å².